The molecule has 3 nitrogen and oxygen atoms in total. The third-order valence-electron chi connectivity index (χ3n) is 6.09. The monoisotopic (exact) mass is 362 g/mol. The van der Waals surface area contributed by atoms with Crippen LogP contribution in [-0.4, -0.2) is 25.7 Å². The number of para-hydroxylation sites is 1. The van der Waals surface area contributed by atoms with Crippen molar-refractivity contribution in [2.75, 3.05) is 0 Å². The van der Waals surface area contributed by atoms with Gasteiger partial charge in [-0.1, -0.05) is 55.5 Å². The van der Waals surface area contributed by atoms with E-state index in [1.165, 1.54) is 19.3 Å². The molecule has 0 amide bonds. The molecule has 0 saturated heterocycles. The second kappa shape index (κ2) is 6.80. The first-order valence-corrected chi connectivity index (χ1v) is 9.96. The van der Waals surface area contributed by atoms with Crippen LogP contribution in [0.25, 0.3) is 33.3 Å². The van der Waals surface area contributed by atoms with Crippen molar-refractivity contribution in [3.05, 3.63) is 60.4 Å². The fourth-order valence-corrected chi connectivity index (χ4v) is 4.59. The van der Waals surface area contributed by atoms with Gasteiger partial charge in [0.2, 0.25) is 5.71 Å². The van der Waals surface area contributed by atoms with Crippen LogP contribution < -0.4 is 0 Å². The Kier molecular flexibility index (Phi) is 4.26. The summed E-state index contributed by atoms with van der Waals surface area (Å²) in [5.74, 6) is 0.251. The van der Waals surface area contributed by atoms with E-state index in [0.717, 1.165) is 46.0 Å². The van der Waals surface area contributed by atoms with Gasteiger partial charge in [0.25, 0.3) is 0 Å². The summed E-state index contributed by atoms with van der Waals surface area (Å²) in [5, 5.41) is 1.10. The maximum Gasteiger partial charge on any atom is 0.227 e. The first-order valence-electron chi connectivity index (χ1n) is 9.96. The van der Waals surface area contributed by atoms with E-state index >= 15 is 0 Å². The van der Waals surface area contributed by atoms with Crippen molar-refractivity contribution in [1.29, 1.82) is 0 Å². The van der Waals surface area contributed by atoms with E-state index in [1.807, 2.05) is 42.5 Å². The molecule has 0 bridgehead atoms. The fraction of sp³-hybridized carbons (Fsp3) is 0.304. The number of furan rings is 1. The van der Waals surface area contributed by atoms with Gasteiger partial charge in [0, 0.05) is 28.7 Å². The molecule has 3 heterocycles. The zero-order valence-electron chi connectivity index (χ0n) is 15.8. The van der Waals surface area contributed by atoms with Crippen LogP contribution in [-0.2, 0) is 5.21 Å². The Labute approximate surface area is 167 Å². The molecule has 3 aromatic heterocycles. The third kappa shape index (κ3) is 2.76. The van der Waals surface area contributed by atoms with Gasteiger partial charge in [0.05, 0.1) is 21.4 Å². The summed E-state index contributed by atoms with van der Waals surface area (Å²) >= 11 is 0. The molecule has 4 radical (unpaired) electrons. The standard InChI is InChI=1S/C23H20B2N2O/c24-23(25,15-7-2-1-3-8-15)19-12-6-13-26-20(19)18-10-4-9-16-17-11-5-14-27-22(17)28-21(16)18/h4-6,9-15H,1-3,7-8H2. The SMILES string of the molecule is [B]C([B])(c1cccnc1-c1cccc2c1oc1ncccc12)C1CCCCC1. The summed E-state index contributed by atoms with van der Waals surface area (Å²) < 4.78 is 6.12. The van der Waals surface area contributed by atoms with Crippen molar-refractivity contribution < 1.29 is 4.42 Å². The molecule has 0 unspecified atom stereocenters. The smallest absolute Gasteiger partial charge is 0.227 e. The van der Waals surface area contributed by atoms with Crippen molar-refractivity contribution in [2.24, 2.45) is 5.92 Å². The number of hydrogen-bond donors (Lipinski definition) is 0. The first kappa shape index (κ1) is 17.5. The van der Waals surface area contributed by atoms with E-state index in [0.29, 0.717) is 5.71 Å². The van der Waals surface area contributed by atoms with Gasteiger partial charge in [-0.3, -0.25) is 4.98 Å². The maximum atomic E-state index is 6.76. The molecule has 0 atom stereocenters. The fourth-order valence-electron chi connectivity index (χ4n) is 4.59. The highest BCUT2D eigenvalue weighted by molar-refractivity contribution is 6.40. The minimum Gasteiger partial charge on any atom is -0.437 e. The van der Waals surface area contributed by atoms with E-state index in [2.05, 4.69) is 9.97 Å². The van der Waals surface area contributed by atoms with Gasteiger partial charge in [-0.2, -0.15) is 0 Å². The second-order valence-electron chi connectivity index (χ2n) is 7.81. The average Bonchev–Trinajstić information content (AvgIpc) is 3.13. The van der Waals surface area contributed by atoms with E-state index in [9.17, 15) is 0 Å². The zero-order chi connectivity index (χ0) is 19.1. The van der Waals surface area contributed by atoms with Crippen LogP contribution in [0.15, 0.2) is 59.3 Å². The largest absolute Gasteiger partial charge is 0.437 e. The molecule has 0 spiro atoms. The van der Waals surface area contributed by atoms with Crippen molar-refractivity contribution in [2.45, 2.75) is 37.3 Å². The highest BCUT2D eigenvalue weighted by Gasteiger charge is 2.33. The highest BCUT2D eigenvalue weighted by atomic mass is 16.3. The number of rotatable bonds is 3. The Hall–Kier alpha value is -2.55. The molecular weight excluding hydrogens is 342 g/mol. The minimum atomic E-state index is -0.920. The number of fused-ring (bicyclic) bond motifs is 3. The number of pyridine rings is 2. The van der Waals surface area contributed by atoms with Gasteiger partial charge in [-0.15, -0.1) is 0 Å². The van der Waals surface area contributed by atoms with Crippen molar-refractivity contribution >= 4 is 37.8 Å². The highest BCUT2D eigenvalue weighted by Crippen LogP contribution is 2.42. The third-order valence-corrected chi connectivity index (χ3v) is 6.09. The van der Waals surface area contributed by atoms with Crippen molar-refractivity contribution in [3.8, 4) is 11.3 Å². The molecule has 1 fully saturated rings. The molecule has 1 aliphatic rings. The lowest BCUT2D eigenvalue weighted by Crippen LogP contribution is -2.38. The molecule has 1 aromatic carbocycles. The normalized spacial score (nSPS) is 16.0. The number of hydrogen-bond acceptors (Lipinski definition) is 3. The van der Waals surface area contributed by atoms with Crippen molar-refractivity contribution in [1.82, 2.24) is 9.97 Å². The Morgan fingerprint density at radius 3 is 2.46 bits per heavy atom. The summed E-state index contributed by atoms with van der Waals surface area (Å²) in [5.41, 5.74) is 3.98. The van der Waals surface area contributed by atoms with Crippen LogP contribution in [0, 0.1) is 5.92 Å². The topological polar surface area (TPSA) is 38.9 Å². The predicted molar refractivity (Wildman–Crippen MR) is 115 cm³/mol. The molecule has 28 heavy (non-hydrogen) atoms. The van der Waals surface area contributed by atoms with Crippen LogP contribution in [0.5, 0.6) is 0 Å². The van der Waals surface area contributed by atoms with Crippen LogP contribution in [0.1, 0.15) is 37.7 Å². The first-order chi connectivity index (χ1) is 13.7. The molecule has 0 N–H and O–H groups in total. The van der Waals surface area contributed by atoms with E-state index in [1.54, 1.807) is 12.4 Å². The van der Waals surface area contributed by atoms with Gasteiger partial charge in [-0.25, -0.2) is 4.98 Å². The summed E-state index contributed by atoms with van der Waals surface area (Å²) in [6.45, 7) is 0. The summed E-state index contributed by atoms with van der Waals surface area (Å²) in [4.78, 5) is 9.05. The number of nitrogens with zero attached hydrogens (tertiary/aromatic N) is 2. The Morgan fingerprint density at radius 2 is 1.61 bits per heavy atom. The number of aromatic nitrogens is 2. The molecular formula is C23H20B2N2O. The van der Waals surface area contributed by atoms with Gasteiger partial charge in [0.1, 0.15) is 5.58 Å². The van der Waals surface area contributed by atoms with Gasteiger partial charge in [-0.05, 0) is 35.7 Å². The minimum absolute atomic E-state index is 0.251. The van der Waals surface area contributed by atoms with Gasteiger partial charge in [0.15, 0.2) is 0 Å². The van der Waals surface area contributed by atoms with E-state index in [-0.39, 0.29) is 5.92 Å². The molecule has 0 aliphatic heterocycles. The molecule has 5 rings (SSSR count). The predicted octanol–water partition coefficient (Wildman–Crippen LogP) is 5.11. The van der Waals surface area contributed by atoms with Gasteiger partial charge < -0.3 is 4.42 Å². The average molecular weight is 362 g/mol. The quantitative estimate of drug-likeness (QED) is 0.476. The molecule has 4 aromatic rings. The molecule has 1 aliphatic carbocycles. The summed E-state index contributed by atoms with van der Waals surface area (Å²) in [6.07, 6.45) is 9.26. The van der Waals surface area contributed by atoms with Crippen molar-refractivity contribution in [3.63, 3.8) is 0 Å². The van der Waals surface area contributed by atoms with E-state index in [4.69, 9.17) is 20.1 Å². The van der Waals surface area contributed by atoms with Crippen LogP contribution >= 0.6 is 0 Å². The summed E-state index contributed by atoms with van der Waals surface area (Å²) in [7, 11) is 13.5. The lowest BCUT2D eigenvalue weighted by atomic mass is 9.43. The van der Waals surface area contributed by atoms with E-state index < -0.39 is 5.21 Å². The lowest BCUT2D eigenvalue weighted by molar-refractivity contribution is 0.327. The Morgan fingerprint density at radius 1 is 0.857 bits per heavy atom. The van der Waals surface area contributed by atoms with Crippen LogP contribution in [0.4, 0.5) is 0 Å². The zero-order valence-corrected chi connectivity index (χ0v) is 15.8. The Bertz CT molecular complexity index is 1150. The maximum absolute atomic E-state index is 6.76. The van der Waals surface area contributed by atoms with Gasteiger partial charge >= 0.3 is 0 Å². The second-order valence-corrected chi connectivity index (χ2v) is 7.81. The Balaban J connectivity index is 1.71. The summed E-state index contributed by atoms with van der Waals surface area (Å²) in [6, 6.07) is 14.0. The van der Waals surface area contributed by atoms with Crippen LogP contribution in [0.2, 0.25) is 0 Å². The molecule has 134 valence electrons. The number of benzene rings is 1. The molecule has 5 heteroatoms. The molecule has 1 saturated carbocycles. The lowest BCUT2D eigenvalue weighted by Gasteiger charge is -2.39. The van der Waals surface area contributed by atoms with Crippen LogP contribution in [0.3, 0.4) is 0 Å².